The Morgan fingerprint density at radius 2 is 2.12 bits per heavy atom. The van der Waals surface area contributed by atoms with Crippen LogP contribution in [-0.2, 0) is 5.41 Å². The molecule has 3 atom stereocenters. The number of hydrogen-bond acceptors (Lipinski definition) is 3. The third-order valence-electron chi connectivity index (χ3n) is 5.68. The minimum absolute atomic E-state index is 0.0111. The van der Waals surface area contributed by atoms with E-state index in [9.17, 15) is 9.90 Å². The standard InChI is InChI=1S/C22H18O3/c1-13-5-6-16-15(18(23)10-13)7-8-19-20(16)21(24)17(12-25-19)22-9-3-2-4-14(22)11-22/h2-10,12,14,18,23H,11H2,1H3. The quantitative estimate of drug-likeness (QED) is 0.853. The molecule has 1 N–H and O–H groups in total. The molecule has 1 heterocycles. The van der Waals surface area contributed by atoms with E-state index in [0.29, 0.717) is 16.9 Å². The summed E-state index contributed by atoms with van der Waals surface area (Å²) in [6.07, 6.45) is 15.8. The van der Waals surface area contributed by atoms with E-state index in [1.807, 2.05) is 37.3 Å². The molecule has 3 heteroatoms. The Morgan fingerprint density at radius 1 is 1.24 bits per heavy atom. The van der Waals surface area contributed by atoms with Gasteiger partial charge in [0.05, 0.1) is 17.8 Å². The molecule has 2 aromatic rings. The van der Waals surface area contributed by atoms with Gasteiger partial charge in [-0.25, -0.2) is 0 Å². The molecule has 5 rings (SSSR count). The second-order valence-electron chi connectivity index (χ2n) is 7.20. The molecule has 1 fully saturated rings. The normalized spacial score (nSPS) is 29.1. The molecular formula is C22H18O3. The van der Waals surface area contributed by atoms with Gasteiger partial charge in [0.25, 0.3) is 0 Å². The monoisotopic (exact) mass is 330 g/mol. The maximum Gasteiger partial charge on any atom is 0.197 e. The summed E-state index contributed by atoms with van der Waals surface area (Å²) >= 11 is 0. The molecule has 0 spiro atoms. The highest BCUT2D eigenvalue weighted by atomic mass is 16.3. The van der Waals surface area contributed by atoms with Crippen molar-refractivity contribution in [2.75, 3.05) is 0 Å². The topological polar surface area (TPSA) is 50.4 Å². The Labute approximate surface area is 145 Å². The summed E-state index contributed by atoms with van der Waals surface area (Å²) in [5, 5.41) is 11.0. The van der Waals surface area contributed by atoms with Crippen molar-refractivity contribution in [1.82, 2.24) is 0 Å². The lowest BCUT2D eigenvalue weighted by Crippen LogP contribution is -2.20. The van der Waals surface area contributed by atoms with Gasteiger partial charge in [0.15, 0.2) is 5.43 Å². The lowest BCUT2D eigenvalue weighted by Gasteiger charge is -2.16. The van der Waals surface area contributed by atoms with Crippen molar-refractivity contribution in [3.63, 3.8) is 0 Å². The number of benzene rings is 1. The maximum absolute atomic E-state index is 13.4. The molecule has 1 aromatic carbocycles. The van der Waals surface area contributed by atoms with Crippen molar-refractivity contribution >= 4 is 17.0 Å². The summed E-state index contributed by atoms with van der Waals surface area (Å²) in [6, 6.07) is 3.62. The lowest BCUT2D eigenvalue weighted by molar-refractivity contribution is 0.228. The molecule has 0 aliphatic heterocycles. The number of allylic oxidation sites excluding steroid dienone is 6. The molecule has 3 unspecified atom stereocenters. The van der Waals surface area contributed by atoms with Crippen LogP contribution in [-0.4, -0.2) is 5.11 Å². The molecule has 0 radical (unpaired) electrons. The van der Waals surface area contributed by atoms with Crippen LogP contribution in [0.1, 0.15) is 36.1 Å². The van der Waals surface area contributed by atoms with Gasteiger partial charge in [-0.05, 0) is 42.5 Å². The van der Waals surface area contributed by atoms with Gasteiger partial charge >= 0.3 is 0 Å². The largest absolute Gasteiger partial charge is 0.464 e. The van der Waals surface area contributed by atoms with E-state index >= 15 is 0 Å². The van der Waals surface area contributed by atoms with E-state index in [4.69, 9.17) is 4.42 Å². The van der Waals surface area contributed by atoms with Crippen molar-refractivity contribution in [3.8, 4) is 0 Å². The number of rotatable bonds is 1. The average Bonchev–Trinajstić information content (AvgIpc) is 3.36. The summed E-state index contributed by atoms with van der Waals surface area (Å²) in [7, 11) is 0. The highest BCUT2D eigenvalue weighted by molar-refractivity contribution is 5.89. The Balaban J connectivity index is 1.80. The number of aliphatic hydroxyl groups is 1. The first-order valence-corrected chi connectivity index (χ1v) is 8.60. The summed E-state index contributed by atoms with van der Waals surface area (Å²) < 4.78 is 5.85. The zero-order valence-electron chi connectivity index (χ0n) is 13.9. The van der Waals surface area contributed by atoms with Gasteiger partial charge in [-0.3, -0.25) is 4.79 Å². The van der Waals surface area contributed by atoms with E-state index in [0.717, 1.165) is 28.7 Å². The van der Waals surface area contributed by atoms with E-state index in [1.54, 1.807) is 18.4 Å². The van der Waals surface area contributed by atoms with Crippen LogP contribution in [0.5, 0.6) is 0 Å². The molecule has 1 aromatic heterocycles. The molecular weight excluding hydrogens is 312 g/mol. The van der Waals surface area contributed by atoms with Crippen molar-refractivity contribution < 1.29 is 9.52 Å². The van der Waals surface area contributed by atoms with E-state index in [-0.39, 0.29) is 10.8 Å². The minimum atomic E-state index is -0.721. The van der Waals surface area contributed by atoms with E-state index < -0.39 is 6.10 Å². The van der Waals surface area contributed by atoms with Crippen molar-refractivity contribution in [2.24, 2.45) is 5.92 Å². The molecule has 3 aliphatic rings. The van der Waals surface area contributed by atoms with Crippen LogP contribution in [0.25, 0.3) is 17.0 Å². The molecule has 0 amide bonds. The second kappa shape index (κ2) is 4.93. The van der Waals surface area contributed by atoms with Crippen LogP contribution in [0.15, 0.2) is 69.6 Å². The minimum Gasteiger partial charge on any atom is -0.464 e. The average molecular weight is 330 g/mol. The number of fused-ring (bicyclic) bond motifs is 4. The maximum atomic E-state index is 13.4. The molecule has 0 bridgehead atoms. The predicted molar refractivity (Wildman–Crippen MR) is 98.3 cm³/mol. The molecule has 124 valence electrons. The second-order valence-corrected chi connectivity index (χ2v) is 7.20. The highest BCUT2D eigenvalue weighted by Crippen LogP contribution is 2.57. The third kappa shape index (κ3) is 1.99. The Bertz CT molecular complexity index is 1080. The SMILES string of the molecule is CC1=CC(O)c2ccc3occ(C45C=CC=CC4C5)c(=O)c3c2C=C1. The van der Waals surface area contributed by atoms with Gasteiger partial charge in [0.2, 0.25) is 0 Å². The summed E-state index contributed by atoms with van der Waals surface area (Å²) in [5.74, 6) is 0.380. The van der Waals surface area contributed by atoms with Crippen molar-refractivity contribution in [3.05, 3.63) is 87.3 Å². The van der Waals surface area contributed by atoms with Crippen LogP contribution in [0.4, 0.5) is 0 Å². The van der Waals surface area contributed by atoms with Gasteiger partial charge < -0.3 is 9.52 Å². The first-order valence-electron chi connectivity index (χ1n) is 8.60. The van der Waals surface area contributed by atoms with E-state index in [2.05, 4.69) is 12.2 Å². The summed E-state index contributed by atoms with van der Waals surface area (Å²) in [5.41, 5.74) is 3.55. The van der Waals surface area contributed by atoms with Crippen LogP contribution in [0.2, 0.25) is 0 Å². The van der Waals surface area contributed by atoms with Crippen molar-refractivity contribution in [2.45, 2.75) is 24.9 Å². The van der Waals surface area contributed by atoms with Crippen LogP contribution in [0.3, 0.4) is 0 Å². The smallest absolute Gasteiger partial charge is 0.197 e. The molecule has 1 saturated carbocycles. The van der Waals surface area contributed by atoms with Crippen LogP contribution >= 0.6 is 0 Å². The molecule has 3 nitrogen and oxygen atoms in total. The first kappa shape index (κ1) is 14.7. The fourth-order valence-electron chi connectivity index (χ4n) is 4.19. The zero-order valence-corrected chi connectivity index (χ0v) is 13.9. The van der Waals surface area contributed by atoms with E-state index in [1.165, 1.54) is 0 Å². The lowest BCUT2D eigenvalue weighted by atomic mass is 9.89. The Hall–Kier alpha value is -2.65. The number of aliphatic hydroxyl groups excluding tert-OH is 1. The predicted octanol–water partition coefficient (Wildman–Crippen LogP) is 4.18. The third-order valence-corrected chi connectivity index (χ3v) is 5.68. The Kier molecular flexibility index (Phi) is 2.89. The Morgan fingerprint density at radius 3 is 2.96 bits per heavy atom. The van der Waals surface area contributed by atoms with Gasteiger partial charge in [0, 0.05) is 11.0 Å². The van der Waals surface area contributed by atoms with Crippen molar-refractivity contribution in [1.29, 1.82) is 0 Å². The zero-order chi connectivity index (χ0) is 17.2. The van der Waals surface area contributed by atoms with Gasteiger partial charge in [0.1, 0.15) is 5.58 Å². The summed E-state index contributed by atoms with van der Waals surface area (Å²) in [4.78, 5) is 13.4. The molecule has 0 saturated heterocycles. The van der Waals surface area contributed by atoms with Gasteiger partial charge in [-0.1, -0.05) is 48.1 Å². The first-order chi connectivity index (χ1) is 12.1. The van der Waals surface area contributed by atoms with Gasteiger partial charge in [-0.2, -0.15) is 0 Å². The van der Waals surface area contributed by atoms with Gasteiger partial charge in [-0.15, -0.1) is 0 Å². The fourth-order valence-corrected chi connectivity index (χ4v) is 4.19. The fraction of sp³-hybridized carbons (Fsp3) is 0.227. The van der Waals surface area contributed by atoms with Crippen LogP contribution < -0.4 is 5.43 Å². The van der Waals surface area contributed by atoms with Crippen LogP contribution in [0, 0.1) is 5.92 Å². The highest BCUT2D eigenvalue weighted by Gasteiger charge is 2.54. The molecule has 25 heavy (non-hydrogen) atoms. The molecule has 3 aliphatic carbocycles. The summed E-state index contributed by atoms with van der Waals surface area (Å²) in [6.45, 7) is 1.94. The number of hydrogen-bond donors (Lipinski definition) is 1.